The first-order valence-corrected chi connectivity index (χ1v) is 10.8. The lowest BCUT2D eigenvalue weighted by atomic mass is 9.96. The van der Waals surface area contributed by atoms with Crippen LogP contribution in [0.1, 0.15) is 17.2 Å². The minimum Gasteiger partial charge on any atom is -0.507 e. The number of aromatic nitrogens is 1. The van der Waals surface area contributed by atoms with Gasteiger partial charge in [0.2, 0.25) is 0 Å². The second kappa shape index (κ2) is 10.0. The molecule has 1 aromatic heterocycles. The van der Waals surface area contributed by atoms with Crippen molar-refractivity contribution < 1.29 is 28.9 Å². The lowest BCUT2D eigenvalue weighted by molar-refractivity contribution is -0.140. The normalized spacial score (nSPS) is 20.8. The fourth-order valence-electron chi connectivity index (χ4n) is 4.21. The van der Waals surface area contributed by atoms with Gasteiger partial charge in [-0.25, -0.2) is 0 Å². The molecule has 2 aromatic rings. The van der Waals surface area contributed by atoms with E-state index in [1.807, 2.05) is 0 Å². The first-order chi connectivity index (χ1) is 16.0. The predicted octanol–water partition coefficient (Wildman–Crippen LogP) is 1.85. The maximum Gasteiger partial charge on any atom is 0.295 e. The van der Waals surface area contributed by atoms with Crippen molar-refractivity contribution in [1.82, 2.24) is 14.8 Å². The fraction of sp³-hybridized carbons (Fsp3) is 0.375. The SMILES string of the molecule is COc1ccc(/C(O)=C2\C(=O)C(=O)N(CCN3CCOCC3)[C@@H]2c2cccnc2)cc1OC. The van der Waals surface area contributed by atoms with Gasteiger partial charge >= 0.3 is 0 Å². The topological polar surface area (TPSA) is 101 Å². The first-order valence-electron chi connectivity index (χ1n) is 10.8. The number of amides is 1. The Morgan fingerprint density at radius 2 is 1.88 bits per heavy atom. The van der Waals surface area contributed by atoms with E-state index in [0.717, 1.165) is 13.1 Å². The van der Waals surface area contributed by atoms with Crippen molar-refractivity contribution in [1.29, 1.82) is 0 Å². The van der Waals surface area contributed by atoms with E-state index in [1.165, 1.54) is 19.1 Å². The number of nitrogens with zero attached hydrogens (tertiary/aromatic N) is 3. The molecule has 9 nitrogen and oxygen atoms in total. The van der Waals surface area contributed by atoms with Crippen molar-refractivity contribution in [2.45, 2.75) is 6.04 Å². The molecule has 3 heterocycles. The zero-order valence-electron chi connectivity index (χ0n) is 18.7. The van der Waals surface area contributed by atoms with Crippen LogP contribution in [0.15, 0.2) is 48.3 Å². The van der Waals surface area contributed by atoms with E-state index in [1.54, 1.807) is 42.7 Å². The number of carbonyl (C=O) groups is 2. The highest BCUT2D eigenvalue weighted by Gasteiger charge is 2.46. The lowest BCUT2D eigenvalue weighted by Gasteiger charge is -2.30. The van der Waals surface area contributed by atoms with Gasteiger partial charge in [0.25, 0.3) is 11.7 Å². The number of pyridine rings is 1. The summed E-state index contributed by atoms with van der Waals surface area (Å²) >= 11 is 0. The van der Waals surface area contributed by atoms with Crippen LogP contribution in [0, 0.1) is 0 Å². The first kappa shape index (κ1) is 22.8. The van der Waals surface area contributed by atoms with Crippen LogP contribution in [0.3, 0.4) is 0 Å². The predicted molar refractivity (Wildman–Crippen MR) is 120 cm³/mol. The molecular formula is C24H27N3O6. The van der Waals surface area contributed by atoms with Crippen molar-refractivity contribution in [2.24, 2.45) is 0 Å². The highest BCUT2D eigenvalue weighted by molar-refractivity contribution is 6.46. The highest BCUT2D eigenvalue weighted by Crippen LogP contribution is 2.40. The van der Waals surface area contributed by atoms with E-state index in [0.29, 0.717) is 48.9 Å². The van der Waals surface area contributed by atoms with Crippen LogP contribution in [-0.2, 0) is 14.3 Å². The van der Waals surface area contributed by atoms with E-state index < -0.39 is 17.7 Å². The van der Waals surface area contributed by atoms with Crippen molar-refractivity contribution >= 4 is 17.4 Å². The molecule has 1 amide bonds. The third kappa shape index (κ3) is 4.55. The molecule has 0 bridgehead atoms. The van der Waals surface area contributed by atoms with E-state index in [9.17, 15) is 14.7 Å². The number of likely N-dealkylation sites (tertiary alicyclic amines) is 1. The average Bonchev–Trinajstić information content (AvgIpc) is 3.12. The Hall–Kier alpha value is -3.43. The summed E-state index contributed by atoms with van der Waals surface area (Å²) in [6.45, 7) is 3.77. The number of aliphatic hydroxyl groups is 1. The number of ether oxygens (including phenoxy) is 3. The molecule has 2 saturated heterocycles. The molecule has 174 valence electrons. The molecule has 0 aliphatic carbocycles. The average molecular weight is 453 g/mol. The summed E-state index contributed by atoms with van der Waals surface area (Å²) in [5, 5.41) is 11.2. The molecule has 4 rings (SSSR count). The number of Topliss-reactive ketones (excluding diaryl/α,β-unsaturated/α-hetero) is 1. The van der Waals surface area contributed by atoms with Crippen LogP contribution in [-0.4, -0.2) is 85.2 Å². The van der Waals surface area contributed by atoms with Crippen molar-refractivity contribution in [3.8, 4) is 11.5 Å². The van der Waals surface area contributed by atoms with Crippen LogP contribution in [0.4, 0.5) is 0 Å². The van der Waals surface area contributed by atoms with E-state index in [-0.39, 0.29) is 11.3 Å². The molecule has 2 fully saturated rings. The molecule has 1 aromatic carbocycles. The maximum absolute atomic E-state index is 13.1. The Balaban J connectivity index is 1.73. The summed E-state index contributed by atoms with van der Waals surface area (Å²) in [7, 11) is 3.00. The second-order valence-corrected chi connectivity index (χ2v) is 7.80. The number of hydrogen-bond donors (Lipinski definition) is 1. The zero-order chi connectivity index (χ0) is 23.4. The van der Waals surface area contributed by atoms with Gasteiger partial charge in [-0.05, 0) is 29.8 Å². The fourth-order valence-corrected chi connectivity index (χ4v) is 4.21. The number of morpholine rings is 1. The Morgan fingerprint density at radius 1 is 1.12 bits per heavy atom. The van der Waals surface area contributed by atoms with Crippen molar-refractivity contribution in [3.05, 3.63) is 59.4 Å². The summed E-state index contributed by atoms with van der Waals surface area (Å²) in [6.07, 6.45) is 3.23. The molecule has 9 heteroatoms. The monoisotopic (exact) mass is 453 g/mol. The molecule has 1 atom stereocenters. The van der Waals surface area contributed by atoms with Crippen LogP contribution in [0.5, 0.6) is 11.5 Å². The number of hydrogen-bond acceptors (Lipinski definition) is 8. The van der Waals surface area contributed by atoms with Crippen LogP contribution in [0.25, 0.3) is 5.76 Å². The smallest absolute Gasteiger partial charge is 0.295 e. The third-order valence-corrected chi connectivity index (χ3v) is 5.96. The molecule has 1 N–H and O–H groups in total. The minimum atomic E-state index is -0.743. The van der Waals surface area contributed by atoms with Gasteiger partial charge < -0.3 is 24.2 Å². The summed E-state index contributed by atoms with van der Waals surface area (Å²) in [5.74, 6) is -0.737. The zero-order valence-corrected chi connectivity index (χ0v) is 18.7. The van der Waals surface area contributed by atoms with E-state index in [4.69, 9.17) is 14.2 Å². The van der Waals surface area contributed by atoms with Gasteiger partial charge in [-0.1, -0.05) is 6.07 Å². The second-order valence-electron chi connectivity index (χ2n) is 7.80. The van der Waals surface area contributed by atoms with Crippen molar-refractivity contribution in [2.75, 3.05) is 53.6 Å². The van der Waals surface area contributed by atoms with Gasteiger partial charge in [0.1, 0.15) is 5.76 Å². The standard InChI is InChI=1S/C24H27N3O6/c1-31-18-6-5-16(14-19(18)32-2)22(28)20-21(17-4-3-7-25-15-17)27(24(30)23(20)29)9-8-26-10-12-33-13-11-26/h3-7,14-15,21,28H,8-13H2,1-2H3/b22-20+/t21-/m1/s1. The van der Waals surface area contributed by atoms with Crippen LogP contribution in [0.2, 0.25) is 0 Å². The summed E-state index contributed by atoms with van der Waals surface area (Å²) in [5.41, 5.74) is 1.04. The molecule has 2 aliphatic heterocycles. The molecule has 0 unspecified atom stereocenters. The van der Waals surface area contributed by atoms with Crippen molar-refractivity contribution in [3.63, 3.8) is 0 Å². The molecule has 0 spiro atoms. The number of methoxy groups -OCH3 is 2. The summed E-state index contributed by atoms with van der Waals surface area (Å²) in [4.78, 5) is 34.0. The number of ketones is 1. The van der Waals surface area contributed by atoms with Gasteiger partial charge in [0, 0.05) is 44.1 Å². The van der Waals surface area contributed by atoms with Gasteiger partial charge in [-0.2, -0.15) is 0 Å². The summed E-state index contributed by atoms with van der Waals surface area (Å²) in [6, 6.07) is 7.64. The Kier molecular flexibility index (Phi) is 6.90. The van der Waals surface area contributed by atoms with Crippen LogP contribution < -0.4 is 9.47 Å². The molecular weight excluding hydrogens is 426 g/mol. The van der Waals surface area contributed by atoms with E-state index >= 15 is 0 Å². The Morgan fingerprint density at radius 3 is 2.55 bits per heavy atom. The highest BCUT2D eigenvalue weighted by atomic mass is 16.5. The maximum atomic E-state index is 13.1. The Bertz CT molecular complexity index is 1050. The quantitative estimate of drug-likeness (QED) is 0.385. The number of aliphatic hydroxyl groups excluding tert-OH is 1. The number of carbonyl (C=O) groups excluding carboxylic acids is 2. The van der Waals surface area contributed by atoms with Gasteiger partial charge in [-0.15, -0.1) is 0 Å². The van der Waals surface area contributed by atoms with Gasteiger partial charge in [0.05, 0.1) is 39.0 Å². The number of benzene rings is 1. The molecule has 33 heavy (non-hydrogen) atoms. The van der Waals surface area contributed by atoms with Crippen LogP contribution >= 0.6 is 0 Å². The van der Waals surface area contributed by atoms with E-state index in [2.05, 4.69) is 9.88 Å². The molecule has 0 radical (unpaired) electrons. The molecule has 2 aliphatic rings. The lowest BCUT2D eigenvalue weighted by Crippen LogP contribution is -2.42. The molecule has 0 saturated carbocycles. The van der Waals surface area contributed by atoms with Gasteiger partial charge in [0.15, 0.2) is 11.5 Å². The minimum absolute atomic E-state index is 0.0298. The third-order valence-electron chi connectivity index (χ3n) is 5.96. The largest absolute Gasteiger partial charge is 0.507 e. The Labute approximate surface area is 192 Å². The summed E-state index contributed by atoms with van der Waals surface area (Å²) < 4.78 is 16.0. The van der Waals surface area contributed by atoms with Gasteiger partial charge in [-0.3, -0.25) is 19.5 Å². The number of rotatable bonds is 7.